The Morgan fingerprint density at radius 3 is 2.58 bits per heavy atom. The van der Waals surface area contributed by atoms with Crippen LogP contribution in [0.1, 0.15) is 12.8 Å². The molecule has 9 heteroatoms. The molecule has 182 valence electrons. The maximum absolute atomic E-state index is 13.7. The van der Waals surface area contributed by atoms with Crippen LogP contribution in [0.4, 0.5) is 4.39 Å². The monoisotopic (exact) mass is 502 g/mol. The summed E-state index contributed by atoms with van der Waals surface area (Å²) in [5, 5.41) is 5.54. The Morgan fingerprint density at radius 2 is 1.81 bits per heavy atom. The van der Waals surface area contributed by atoms with Gasteiger partial charge in [-0.2, -0.15) is 5.10 Å². The summed E-state index contributed by atoms with van der Waals surface area (Å²) in [5.41, 5.74) is 4.14. The van der Waals surface area contributed by atoms with E-state index in [1.165, 1.54) is 18.5 Å². The van der Waals surface area contributed by atoms with Crippen LogP contribution in [0.15, 0.2) is 77.6 Å². The lowest BCUT2D eigenvalue weighted by Crippen LogP contribution is -2.28. The summed E-state index contributed by atoms with van der Waals surface area (Å²) in [6.07, 6.45) is 4.84. The van der Waals surface area contributed by atoms with Crippen LogP contribution in [0.2, 0.25) is 0 Å². The molecule has 36 heavy (non-hydrogen) atoms. The van der Waals surface area contributed by atoms with E-state index in [9.17, 15) is 12.8 Å². The molecule has 1 aliphatic heterocycles. The molecule has 1 atom stereocenters. The average molecular weight is 503 g/mol. The third-order valence-corrected chi connectivity index (χ3v) is 8.41. The molecular formula is C27H23FN4O3S. The van der Waals surface area contributed by atoms with Crippen LogP contribution in [0.3, 0.4) is 0 Å². The number of furan rings is 1. The van der Waals surface area contributed by atoms with Crippen LogP contribution in [0, 0.1) is 11.7 Å². The molecule has 5 aromatic rings. The van der Waals surface area contributed by atoms with Crippen LogP contribution in [-0.4, -0.2) is 39.7 Å². The largest absolute Gasteiger partial charge is 0.438 e. The maximum atomic E-state index is 13.7. The molecule has 1 fully saturated rings. The Hall–Kier alpha value is -3.85. The summed E-state index contributed by atoms with van der Waals surface area (Å²) in [5.74, 6) is 0.738. The van der Waals surface area contributed by atoms with Crippen molar-refractivity contribution < 1.29 is 17.2 Å². The van der Waals surface area contributed by atoms with E-state index in [4.69, 9.17) is 9.52 Å². The number of hydrogen-bond acceptors (Lipinski definition) is 6. The van der Waals surface area contributed by atoms with Gasteiger partial charge >= 0.3 is 0 Å². The molecule has 0 spiro atoms. The van der Waals surface area contributed by atoms with Gasteiger partial charge in [0.15, 0.2) is 9.84 Å². The van der Waals surface area contributed by atoms with E-state index in [0.29, 0.717) is 35.8 Å². The number of fused-ring (bicyclic) bond motifs is 1. The second kappa shape index (κ2) is 8.98. The van der Waals surface area contributed by atoms with Gasteiger partial charge < -0.3 is 4.42 Å². The van der Waals surface area contributed by atoms with Crippen molar-refractivity contribution >= 4 is 20.9 Å². The Balaban J connectivity index is 1.46. The quantitative estimate of drug-likeness (QED) is 0.320. The van der Waals surface area contributed by atoms with E-state index < -0.39 is 9.84 Å². The number of aromatic nitrogens is 4. The number of hydrogen-bond donors (Lipinski definition) is 0. The fourth-order valence-electron chi connectivity index (χ4n) is 4.85. The molecule has 0 radical (unpaired) electrons. The molecule has 0 bridgehead atoms. The second-order valence-corrected chi connectivity index (χ2v) is 11.4. The van der Waals surface area contributed by atoms with Gasteiger partial charge in [-0.3, -0.25) is 4.68 Å². The fraction of sp³-hybridized carbons (Fsp3) is 0.222. The van der Waals surface area contributed by atoms with E-state index >= 15 is 0 Å². The molecular weight excluding hydrogens is 479 g/mol. The summed E-state index contributed by atoms with van der Waals surface area (Å²) in [4.78, 5) is 8.90. The Morgan fingerprint density at radius 1 is 1.00 bits per heavy atom. The summed E-state index contributed by atoms with van der Waals surface area (Å²) in [6.45, 7) is 0.475. The molecule has 0 saturated carbocycles. The minimum Gasteiger partial charge on any atom is -0.438 e. The second-order valence-electron chi connectivity index (χ2n) is 9.16. The summed E-state index contributed by atoms with van der Waals surface area (Å²) < 4.78 is 45.8. The predicted molar refractivity (Wildman–Crippen MR) is 135 cm³/mol. The highest BCUT2D eigenvalue weighted by Gasteiger charge is 2.26. The van der Waals surface area contributed by atoms with Gasteiger partial charge in [0.2, 0.25) is 5.71 Å². The standard InChI is InChI=1S/C27H23FN4O3S/c28-21-10-8-20(9-11-21)25-23(15-32(31-25)14-18-5-4-12-36(33,34)16-18)26-22-13-24(19-6-2-1-3-7-19)35-27(22)30-17-29-26/h1-3,6-11,13,15,17-18H,4-5,12,14,16H2. The minimum atomic E-state index is -3.03. The van der Waals surface area contributed by atoms with Gasteiger partial charge in [0, 0.05) is 29.4 Å². The molecule has 0 amide bonds. The zero-order valence-corrected chi connectivity index (χ0v) is 20.2. The van der Waals surface area contributed by atoms with Crippen LogP contribution in [0.5, 0.6) is 0 Å². The van der Waals surface area contributed by atoms with Crippen LogP contribution in [0.25, 0.3) is 44.9 Å². The third-order valence-electron chi connectivity index (χ3n) is 6.52. The van der Waals surface area contributed by atoms with Crippen molar-refractivity contribution in [3.8, 4) is 33.8 Å². The number of halogens is 1. The maximum Gasteiger partial charge on any atom is 0.230 e. The van der Waals surface area contributed by atoms with Crippen molar-refractivity contribution in [1.29, 1.82) is 0 Å². The molecule has 1 saturated heterocycles. The van der Waals surface area contributed by atoms with Gasteiger partial charge in [0.25, 0.3) is 0 Å². The van der Waals surface area contributed by atoms with Crippen molar-refractivity contribution in [1.82, 2.24) is 19.7 Å². The first-order chi connectivity index (χ1) is 17.4. The van der Waals surface area contributed by atoms with Crippen LogP contribution >= 0.6 is 0 Å². The lowest BCUT2D eigenvalue weighted by molar-refractivity contribution is 0.406. The third kappa shape index (κ3) is 4.42. The Labute approximate surface area is 207 Å². The van der Waals surface area contributed by atoms with E-state index in [-0.39, 0.29) is 23.2 Å². The molecule has 1 unspecified atom stereocenters. The number of nitrogens with zero attached hydrogens (tertiary/aromatic N) is 4. The van der Waals surface area contributed by atoms with Crippen molar-refractivity contribution in [3.05, 3.63) is 79.0 Å². The summed E-state index contributed by atoms with van der Waals surface area (Å²) in [7, 11) is -3.03. The Kier molecular flexibility index (Phi) is 5.64. The highest BCUT2D eigenvalue weighted by Crippen LogP contribution is 2.37. The first kappa shape index (κ1) is 22.6. The summed E-state index contributed by atoms with van der Waals surface area (Å²) in [6, 6.07) is 17.8. The topological polar surface area (TPSA) is 90.9 Å². The fourth-order valence-corrected chi connectivity index (χ4v) is 6.61. The summed E-state index contributed by atoms with van der Waals surface area (Å²) >= 11 is 0. The lowest BCUT2D eigenvalue weighted by Gasteiger charge is -2.21. The SMILES string of the molecule is O=S1(=O)CCCC(Cn2cc(-c3ncnc4oc(-c5ccccc5)cc34)c(-c3ccc(F)cc3)n2)C1. The van der Waals surface area contributed by atoms with Crippen molar-refractivity contribution in [3.63, 3.8) is 0 Å². The van der Waals surface area contributed by atoms with Gasteiger partial charge in [-0.05, 0) is 49.1 Å². The van der Waals surface area contributed by atoms with Crippen LogP contribution in [-0.2, 0) is 16.4 Å². The first-order valence-corrected chi connectivity index (χ1v) is 13.6. The Bertz CT molecular complexity index is 1640. The smallest absolute Gasteiger partial charge is 0.230 e. The van der Waals surface area contributed by atoms with Gasteiger partial charge in [-0.25, -0.2) is 22.8 Å². The van der Waals surface area contributed by atoms with Crippen molar-refractivity contribution in [2.24, 2.45) is 5.92 Å². The molecule has 4 heterocycles. The first-order valence-electron chi connectivity index (χ1n) is 11.8. The zero-order chi connectivity index (χ0) is 24.7. The van der Waals surface area contributed by atoms with Gasteiger partial charge in [0.05, 0.1) is 22.6 Å². The van der Waals surface area contributed by atoms with E-state index in [2.05, 4.69) is 9.97 Å². The van der Waals surface area contributed by atoms with Gasteiger partial charge in [-0.15, -0.1) is 0 Å². The highest BCUT2D eigenvalue weighted by molar-refractivity contribution is 7.91. The normalized spacial score (nSPS) is 17.4. The van der Waals surface area contributed by atoms with Crippen molar-refractivity contribution in [2.75, 3.05) is 11.5 Å². The average Bonchev–Trinajstić information content (AvgIpc) is 3.49. The van der Waals surface area contributed by atoms with Crippen molar-refractivity contribution in [2.45, 2.75) is 19.4 Å². The lowest BCUT2D eigenvalue weighted by atomic mass is 10.0. The van der Waals surface area contributed by atoms with E-state index in [1.54, 1.807) is 16.8 Å². The number of benzene rings is 2. The van der Waals surface area contributed by atoms with E-state index in [0.717, 1.165) is 28.5 Å². The molecule has 6 rings (SSSR count). The highest BCUT2D eigenvalue weighted by atomic mass is 32.2. The predicted octanol–water partition coefficient (Wildman–Crippen LogP) is 5.38. The molecule has 2 aromatic carbocycles. The van der Waals surface area contributed by atoms with Gasteiger partial charge in [0.1, 0.15) is 23.6 Å². The van der Waals surface area contributed by atoms with E-state index in [1.807, 2.05) is 42.6 Å². The van der Waals surface area contributed by atoms with Gasteiger partial charge in [-0.1, -0.05) is 30.3 Å². The molecule has 7 nitrogen and oxygen atoms in total. The molecule has 3 aromatic heterocycles. The molecule has 0 aliphatic carbocycles. The molecule has 1 aliphatic rings. The van der Waals surface area contributed by atoms with Crippen LogP contribution < -0.4 is 0 Å². The number of sulfone groups is 1. The zero-order valence-electron chi connectivity index (χ0n) is 19.3. The number of rotatable bonds is 5. The molecule has 0 N–H and O–H groups in total. The minimum absolute atomic E-state index is 0.0124.